The molecule has 4 heterocycles. The number of hydrogen-bond donors (Lipinski definition) is 2. The van der Waals surface area contributed by atoms with Gasteiger partial charge in [0.1, 0.15) is 0 Å². The van der Waals surface area contributed by atoms with Gasteiger partial charge in [0.2, 0.25) is 13.6 Å². The zero-order valence-electron chi connectivity index (χ0n) is 15.8. The molecule has 2 aromatic carbocycles. The predicted octanol–water partition coefficient (Wildman–Crippen LogP) is 4.71. The lowest BCUT2D eigenvalue weighted by Crippen LogP contribution is -1.92. The van der Waals surface area contributed by atoms with E-state index in [4.69, 9.17) is 30.4 Å². The Hall–Kier alpha value is -3.15. The lowest BCUT2D eigenvalue weighted by atomic mass is 10.1. The molecule has 0 amide bonds. The van der Waals surface area contributed by atoms with Gasteiger partial charge < -0.3 is 30.4 Å². The number of anilines is 2. The van der Waals surface area contributed by atoms with Crippen LogP contribution in [0.2, 0.25) is 0 Å². The Kier molecular flexibility index (Phi) is 4.33. The SMILES string of the molecule is Nc1nc(-c2ccc3c(c2)OCO3)c(Sc2sc(N)nc2-c2ccc3c(c2)OCO3)s1. The van der Waals surface area contributed by atoms with Gasteiger partial charge in [0, 0.05) is 11.1 Å². The molecule has 0 saturated heterocycles. The highest BCUT2D eigenvalue weighted by Crippen LogP contribution is 2.49. The number of thiazole rings is 2. The van der Waals surface area contributed by atoms with Gasteiger partial charge in [-0.2, -0.15) is 0 Å². The fraction of sp³-hybridized carbons (Fsp3) is 0.100. The van der Waals surface area contributed by atoms with Crippen LogP contribution in [-0.4, -0.2) is 23.6 Å². The second-order valence-electron chi connectivity index (χ2n) is 6.61. The van der Waals surface area contributed by atoms with E-state index in [1.807, 2.05) is 36.4 Å². The number of nitrogen functional groups attached to an aromatic ring is 2. The Labute approximate surface area is 188 Å². The van der Waals surface area contributed by atoms with Crippen LogP contribution in [-0.2, 0) is 0 Å². The lowest BCUT2D eigenvalue weighted by Gasteiger charge is -2.05. The van der Waals surface area contributed by atoms with Crippen molar-refractivity contribution in [2.45, 2.75) is 8.42 Å². The Morgan fingerprint density at radius 3 is 1.61 bits per heavy atom. The second-order valence-corrected chi connectivity index (χ2v) is 10.2. The van der Waals surface area contributed by atoms with Gasteiger partial charge in [0.05, 0.1) is 19.8 Å². The normalized spacial score (nSPS) is 13.7. The fourth-order valence-electron chi connectivity index (χ4n) is 3.32. The number of hydrogen-bond acceptors (Lipinski definition) is 11. The van der Waals surface area contributed by atoms with E-state index in [0.717, 1.165) is 42.4 Å². The Morgan fingerprint density at radius 2 is 1.13 bits per heavy atom. The Morgan fingerprint density at radius 1 is 0.677 bits per heavy atom. The van der Waals surface area contributed by atoms with Gasteiger partial charge in [-0.3, -0.25) is 0 Å². The topological polar surface area (TPSA) is 115 Å². The minimum Gasteiger partial charge on any atom is -0.454 e. The zero-order chi connectivity index (χ0) is 20.9. The van der Waals surface area contributed by atoms with Gasteiger partial charge in [-0.05, 0) is 36.4 Å². The van der Waals surface area contributed by atoms with Crippen LogP contribution < -0.4 is 30.4 Å². The van der Waals surface area contributed by atoms with Gasteiger partial charge in [-0.15, -0.1) is 0 Å². The van der Waals surface area contributed by atoms with E-state index in [1.54, 1.807) is 11.8 Å². The van der Waals surface area contributed by atoms with Crippen molar-refractivity contribution in [3.05, 3.63) is 36.4 Å². The summed E-state index contributed by atoms with van der Waals surface area (Å²) in [6, 6.07) is 11.5. The second kappa shape index (κ2) is 7.22. The van der Waals surface area contributed by atoms with Crippen molar-refractivity contribution in [1.29, 1.82) is 0 Å². The van der Waals surface area contributed by atoms with Crippen LogP contribution >= 0.6 is 34.4 Å². The van der Waals surface area contributed by atoms with E-state index in [2.05, 4.69) is 9.97 Å². The summed E-state index contributed by atoms with van der Waals surface area (Å²) in [5.74, 6) is 2.84. The van der Waals surface area contributed by atoms with Crippen LogP contribution in [0.3, 0.4) is 0 Å². The molecule has 0 radical (unpaired) electrons. The van der Waals surface area contributed by atoms with E-state index in [-0.39, 0.29) is 13.6 Å². The summed E-state index contributed by atoms with van der Waals surface area (Å²) >= 11 is 4.39. The number of benzene rings is 2. The molecule has 0 aliphatic carbocycles. The minimum absolute atomic E-state index is 0.221. The molecule has 4 aromatic rings. The number of nitrogens with two attached hydrogens (primary N) is 2. The molecule has 2 aliphatic heterocycles. The van der Waals surface area contributed by atoms with E-state index >= 15 is 0 Å². The smallest absolute Gasteiger partial charge is 0.231 e. The quantitative estimate of drug-likeness (QED) is 0.438. The first-order chi connectivity index (χ1) is 15.1. The molecule has 0 bridgehead atoms. The third-order valence-electron chi connectivity index (χ3n) is 4.70. The molecule has 2 aliphatic rings. The number of nitrogens with zero attached hydrogens (tertiary/aromatic N) is 2. The predicted molar refractivity (Wildman–Crippen MR) is 120 cm³/mol. The molecule has 6 rings (SSSR count). The molecule has 0 atom stereocenters. The molecule has 0 unspecified atom stereocenters. The first kappa shape index (κ1) is 18.6. The van der Waals surface area contributed by atoms with Gasteiger partial charge >= 0.3 is 0 Å². The third-order valence-corrected chi connectivity index (χ3v) is 7.82. The molecule has 0 saturated carbocycles. The van der Waals surface area contributed by atoms with Crippen molar-refractivity contribution >= 4 is 44.7 Å². The molecule has 156 valence electrons. The Balaban J connectivity index is 1.38. The maximum Gasteiger partial charge on any atom is 0.231 e. The fourth-order valence-corrected chi connectivity index (χ4v) is 6.69. The van der Waals surface area contributed by atoms with Crippen molar-refractivity contribution in [1.82, 2.24) is 9.97 Å². The highest BCUT2D eigenvalue weighted by molar-refractivity contribution is 8.03. The maximum atomic E-state index is 6.07. The summed E-state index contributed by atoms with van der Waals surface area (Å²) in [5, 5.41) is 0.967. The number of aromatic nitrogens is 2. The van der Waals surface area contributed by atoms with E-state index in [0.29, 0.717) is 21.8 Å². The van der Waals surface area contributed by atoms with Crippen LogP contribution in [0.1, 0.15) is 0 Å². The molecule has 0 spiro atoms. The molecule has 11 heteroatoms. The number of fused-ring (bicyclic) bond motifs is 2. The van der Waals surface area contributed by atoms with Crippen LogP contribution in [0.15, 0.2) is 44.8 Å². The zero-order valence-corrected chi connectivity index (χ0v) is 18.2. The number of rotatable bonds is 4. The highest BCUT2D eigenvalue weighted by atomic mass is 32.2. The summed E-state index contributed by atoms with van der Waals surface area (Å²) < 4.78 is 23.7. The van der Waals surface area contributed by atoms with Crippen LogP contribution in [0.5, 0.6) is 23.0 Å². The summed E-state index contributed by atoms with van der Waals surface area (Å²) in [6.07, 6.45) is 0. The van der Waals surface area contributed by atoms with Crippen LogP contribution in [0, 0.1) is 0 Å². The third kappa shape index (κ3) is 3.30. The minimum atomic E-state index is 0.221. The van der Waals surface area contributed by atoms with E-state index in [1.165, 1.54) is 22.7 Å². The van der Waals surface area contributed by atoms with E-state index in [9.17, 15) is 0 Å². The summed E-state index contributed by atoms with van der Waals surface area (Å²) in [4.78, 5) is 9.11. The van der Waals surface area contributed by atoms with Crippen molar-refractivity contribution < 1.29 is 18.9 Å². The lowest BCUT2D eigenvalue weighted by molar-refractivity contribution is 0.173. The average Bonchev–Trinajstić information content (AvgIpc) is 3.53. The largest absolute Gasteiger partial charge is 0.454 e. The van der Waals surface area contributed by atoms with Crippen LogP contribution in [0.4, 0.5) is 10.3 Å². The highest BCUT2D eigenvalue weighted by Gasteiger charge is 2.22. The molecule has 4 N–H and O–H groups in total. The maximum absolute atomic E-state index is 6.07. The monoisotopic (exact) mass is 470 g/mol. The van der Waals surface area contributed by atoms with Gasteiger partial charge in [-0.25, -0.2) is 9.97 Å². The first-order valence-corrected chi connectivity index (χ1v) is 11.6. The Bertz CT molecular complexity index is 1220. The summed E-state index contributed by atoms with van der Waals surface area (Å²) in [6.45, 7) is 0.442. The van der Waals surface area contributed by atoms with Gasteiger partial charge in [0.25, 0.3) is 0 Å². The van der Waals surface area contributed by atoms with Crippen molar-refractivity contribution in [3.8, 4) is 45.5 Å². The van der Waals surface area contributed by atoms with Gasteiger partial charge in [-0.1, -0.05) is 34.4 Å². The molecular weight excluding hydrogens is 456 g/mol. The van der Waals surface area contributed by atoms with Crippen molar-refractivity contribution in [2.24, 2.45) is 0 Å². The van der Waals surface area contributed by atoms with Gasteiger partial charge in [0.15, 0.2) is 33.3 Å². The van der Waals surface area contributed by atoms with Crippen LogP contribution in [0.25, 0.3) is 22.5 Å². The van der Waals surface area contributed by atoms with Crippen molar-refractivity contribution in [3.63, 3.8) is 0 Å². The molecule has 0 fully saturated rings. The van der Waals surface area contributed by atoms with Crippen molar-refractivity contribution in [2.75, 3.05) is 25.1 Å². The van der Waals surface area contributed by atoms with E-state index < -0.39 is 0 Å². The average molecular weight is 471 g/mol. The molecular formula is C20H14N4O4S3. The number of ether oxygens (including phenoxy) is 4. The molecule has 2 aromatic heterocycles. The molecule has 8 nitrogen and oxygen atoms in total. The summed E-state index contributed by atoms with van der Waals surface area (Å²) in [7, 11) is 0. The standard InChI is InChI=1S/C20H14N4O4S3/c21-19-23-15(9-1-3-11-13(5-9)27-7-25-11)17(30-19)29-18-16(24-20(22)31-18)10-2-4-12-14(6-10)28-8-26-12/h1-6H,7-8H2,(H2,21,23)(H2,22,24). The first-order valence-electron chi connectivity index (χ1n) is 9.14. The molecule has 31 heavy (non-hydrogen) atoms. The summed E-state index contributed by atoms with van der Waals surface area (Å²) in [5.41, 5.74) is 15.5.